The van der Waals surface area contributed by atoms with Gasteiger partial charge in [-0.3, -0.25) is 0 Å². The predicted molar refractivity (Wildman–Crippen MR) is 109 cm³/mol. The summed E-state index contributed by atoms with van der Waals surface area (Å²) in [5, 5.41) is 37.7. The minimum Gasteiger partial charge on any atom is -0.508 e. The van der Waals surface area contributed by atoms with Crippen molar-refractivity contribution in [2.75, 3.05) is 0 Å². The third-order valence-corrected chi connectivity index (χ3v) is 4.12. The van der Waals surface area contributed by atoms with Crippen molar-refractivity contribution in [3.63, 3.8) is 0 Å². The topological polar surface area (TPSA) is 89.9 Å². The van der Waals surface area contributed by atoms with E-state index in [-0.39, 0.29) is 11.5 Å². The highest BCUT2D eigenvalue weighted by Gasteiger charge is 2.05. The van der Waals surface area contributed by atoms with Gasteiger partial charge in [-0.1, -0.05) is 24.3 Å². The minimum absolute atomic E-state index is 0.188. The van der Waals surface area contributed by atoms with Crippen LogP contribution in [0, 0.1) is 0 Å². The number of hydrogen-bond acceptors (Lipinski definition) is 6. The van der Waals surface area contributed by atoms with Crippen LogP contribution >= 0.6 is 0 Å². The fourth-order valence-electron chi connectivity index (χ4n) is 2.70. The van der Waals surface area contributed by atoms with E-state index in [1.54, 1.807) is 48.5 Å². The number of phenols is 2. The van der Waals surface area contributed by atoms with Crippen molar-refractivity contribution in [1.82, 2.24) is 0 Å². The van der Waals surface area contributed by atoms with Gasteiger partial charge >= 0.3 is 0 Å². The van der Waals surface area contributed by atoms with Crippen molar-refractivity contribution in [3.8, 4) is 11.5 Å². The van der Waals surface area contributed by atoms with E-state index in [1.807, 2.05) is 36.4 Å². The van der Waals surface area contributed by atoms with Crippen LogP contribution in [0.4, 0.5) is 22.7 Å². The molecule has 0 aliphatic heterocycles. The summed E-state index contributed by atoms with van der Waals surface area (Å²) in [7, 11) is 0. The van der Waals surface area contributed by atoms with Crippen molar-refractivity contribution in [3.05, 3.63) is 84.9 Å². The third-order valence-electron chi connectivity index (χ3n) is 4.12. The summed E-state index contributed by atoms with van der Waals surface area (Å²) in [5.74, 6) is 0.375. The monoisotopic (exact) mass is 368 g/mol. The van der Waals surface area contributed by atoms with Gasteiger partial charge in [-0.2, -0.15) is 10.2 Å². The Balaban J connectivity index is 1.68. The average molecular weight is 368 g/mol. The number of hydrogen-bond donors (Lipinski definition) is 2. The molecule has 0 bridgehead atoms. The summed E-state index contributed by atoms with van der Waals surface area (Å²) in [6.45, 7) is 0. The molecule has 0 heterocycles. The van der Waals surface area contributed by atoms with Crippen molar-refractivity contribution in [1.29, 1.82) is 0 Å². The summed E-state index contributed by atoms with van der Waals surface area (Å²) in [5.41, 5.74) is 2.73. The molecule has 0 aliphatic rings. The summed E-state index contributed by atoms with van der Waals surface area (Å²) < 4.78 is 0. The Hall–Kier alpha value is -4.06. The maximum absolute atomic E-state index is 9.36. The first-order chi connectivity index (χ1) is 13.7. The van der Waals surface area contributed by atoms with Crippen molar-refractivity contribution < 1.29 is 10.2 Å². The molecule has 136 valence electrons. The maximum atomic E-state index is 9.36. The zero-order chi connectivity index (χ0) is 19.3. The van der Waals surface area contributed by atoms with Gasteiger partial charge in [0, 0.05) is 10.8 Å². The summed E-state index contributed by atoms with van der Waals surface area (Å²) >= 11 is 0. The Morgan fingerprint density at radius 1 is 0.429 bits per heavy atom. The second-order valence-electron chi connectivity index (χ2n) is 6.08. The van der Waals surface area contributed by atoms with Gasteiger partial charge in [-0.25, -0.2) is 0 Å². The summed E-state index contributed by atoms with van der Waals surface area (Å²) in [6, 6.07) is 24.5. The lowest BCUT2D eigenvalue weighted by Gasteiger charge is -2.04. The number of aromatic hydroxyl groups is 2. The van der Waals surface area contributed by atoms with Crippen LogP contribution in [-0.2, 0) is 0 Å². The van der Waals surface area contributed by atoms with Crippen molar-refractivity contribution in [2.45, 2.75) is 0 Å². The third kappa shape index (κ3) is 3.86. The average Bonchev–Trinajstić information content (AvgIpc) is 2.73. The van der Waals surface area contributed by atoms with Gasteiger partial charge < -0.3 is 10.2 Å². The number of phenolic OH excluding ortho intramolecular Hbond substituents is 2. The number of fused-ring (bicyclic) bond motifs is 1. The van der Waals surface area contributed by atoms with Gasteiger partial charge in [0.1, 0.15) is 11.5 Å². The standard InChI is InChI=1S/C22H16N4O2/c27-17-9-5-15(6-10-17)23-25-21-13-14-22(20-4-2-1-3-19(20)21)26-24-16-7-11-18(28)12-8-16/h1-14,27-28H. The second-order valence-corrected chi connectivity index (χ2v) is 6.08. The van der Waals surface area contributed by atoms with Crippen LogP contribution < -0.4 is 0 Å². The van der Waals surface area contributed by atoms with Crippen LogP contribution in [0.1, 0.15) is 0 Å². The Morgan fingerprint density at radius 2 is 0.821 bits per heavy atom. The summed E-state index contributed by atoms with van der Waals surface area (Å²) in [4.78, 5) is 0. The molecule has 6 nitrogen and oxygen atoms in total. The molecule has 4 rings (SSSR count). The number of azo groups is 2. The van der Waals surface area contributed by atoms with E-state index in [0.717, 1.165) is 10.8 Å². The largest absolute Gasteiger partial charge is 0.508 e. The molecule has 0 atom stereocenters. The van der Waals surface area contributed by atoms with Gasteiger partial charge in [-0.15, -0.1) is 10.2 Å². The molecule has 0 spiro atoms. The molecule has 0 fully saturated rings. The summed E-state index contributed by atoms with van der Waals surface area (Å²) in [6.07, 6.45) is 0. The van der Waals surface area contributed by atoms with Crippen LogP contribution in [0.15, 0.2) is 105 Å². The number of benzene rings is 4. The van der Waals surface area contributed by atoms with E-state index in [4.69, 9.17) is 0 Å². The second kappa shape index (κ2) is 7.67. The van der Waals surface area contributed by atoms with E-state index in [1.165, 1.54) is 0 Å². The predicted octanol–water partition coefficient (Wildman–Crippen LogP) is 7.08. The van der Waals surface area contributed by atoms with E-state index in [0.29, 0.717) is 22.7 Å². The molecule has 0 radical (unpaired) electrons. The highest BCUT2D eigenvalue weighted by Crippen LogP contribution is 2.35. The normalized spacial score (nSPS) is 11.6. The highest BCUT2D eigenvalue weighted by atomic mass is 16.3. The molecular weight excluding hydrogens is 352 g/mol. The van der Waals surface area contributed by atoms with Gasteiger partial charge in [0.25, 0.3) is 0 Å². The van der Waals surface area contributed by atoms with Crippen LogP contribution in [0.3, 0.4) is 0 Å². The lowest BCUT2D eigenvalue weighted by Crippen LogP contribution is -1.75. The molecule has 0 aliphatic carbocycles. The number of rotatable bonds is 4. The molecule has 2 N–H and O–H groups in total. The molecule has 4 aromatic rings. The smallest absolute Gasteiger partial charge is 0.115 e. The minimum atomic E-state index is 0.188. The SMILES string of the molecule is Oc1ccc(N=Nc2ccc(N=Nc3ccc(O)cc3)c3ccccc23)cc1. The highest BCUT2D eigenvalue weighted by molar-refractivity contribution is 5.99. The molecule has 6 heteroatoms. The fourth-order valence-corrected chi connectivity index (χ4v) is 2.70. The van der Waals surface area contributed by atoms with E-state index in [9.17, 15) is 10.2 Å². The lowest BCUT2D eigenvalue weighted by atomic mass is 10.1. The first-order valence-corrected chi connectivity index (χ1v) is 8.62. The first-order valence-electron chi connectivity index (χ1n) is 8.62. The van der Waals surface area contributed by atoms with Crippen LogP contribution in [-0.4, -0.2) is 10.2 Å². The molecule has 0 amide bonds. The molecule has 0 aromatic heterocycles. The molecular formula is C22H16N4O2. The van der Waals surface area contributed by atoms with Gasteiger partial charge in [0.2, 0.25) is 0 Å². The first kappa shape index (κ1) is 17.4. The molecule has 4 aromatic carbocycles. The van der Waals surface area contributed by atoms with E-state index in [2.05, 4.69) is 20.5 Å². The molecule has 28 heavy (non-hydrogen) atoms. The zero-order valence-corrected chi connectivity index (χ0v) is 14.8. The van der Waals surface area contributed by atoms with Gasteiger partial charge in [0.05, 0.1) is 22.7 Å². The molecule has 0 unspecified atom stereocenters. The Kier molecular flexibility index (Phi) is 4.76. The zero-order valence-electron chi connectivity index (χ0n) is 14.8. The number of nitrogens with zero attached hydrogens (tertiary/aromatic N) is 4. The Bertz CT molecular complexity index is 1070. The quantitative estimate of drug-likeness (QED) is 0.377. The van der Waals surface area contributed by atoms with Crippen LogP contribution in [0.25, 0.3) is 10.8 Å². The van der Waals surface area contributed by atoms with Crippen molar-refractivity contribution in [2.24, 2.45) is 20.5 Å². The van der Waals surface area contributed by atoms with Crippen molar-refractivity contribution >= 4 is 33.5 Å². The Morgan fingerprint density at radius 3 is 1.21 bits per heavy atom. The lowest BCUT2D eigenvalue weighted by molar-refractivity contribution is 0.475. The van der Waals surface area contributed by atoms with Gasteiger partial charge in [-0.05, 0) is 60.7 Å². The van der Waals surface area contributed by atoms with Crippen LogP contribution in [0.5, 0.6) is 11.5 Å². The van der Waals surface area contributed by atoms with Gasteiger partial charge in [0.15, 0.2) is 0 Å². The molecule has 0 saturated heterocycles. The Labute approximate surface area is 161 Å². The van der Waals surface area contributed by atoms with E-state index < -0.39 is 0 Å². The maximum Gasteiger partial charge on any atom is 0.115 e. The fraction of sp³-hybridized carbons (Fsp3) is 0. The van der Waals surface area contributed by atoms with Crippen LogP contribution in [0.2, 0.25) is 0 Å². The molecule has 0 saturated carbocycles. The van der Waals surface area contributed by atoms with E-state index >= 15 is 0 Å².